The molecule has 0 aliphatic carbocycles. The Balaban J connectivity index is 1.26. The number of nitrogens with one attached hydrogen (secondary N) is 1. The molecule has 34 heavy (non-hydrogen) atoms. The third-order valence-electron chi connectivity index (χ3n) is 5.67. The number of nitrogens with zero attached hydrogens (tertiary/aromatic N) is 5. The summed E-state index contributed by atoms with van der Waals surface area (Å²) in [5.74, 6) is 2.72. The Bertz CT molecular complexity index is 1280. The average molecular weight is 459 g/mol. The molecule has 1 aliphatic rings. The molecule has 2 aromatic heterocycles. The van der Waals surface area contributed by atoms with Gasteiger partial charge in [0, 0.05) is 31.5 Å². The molecule has 9 heteroatoms. The third kappa shape index (κ3) is 4.83. The first-order chi connectivity index (χ1) is 16.7. The van der Waals surface area contributed by atoms with Gasteiger partial charge in [-0.2, -0.15) is 4.98 Å². The molecule has 0 saturated carbocycles. The van der Waals surface area contributed by atoms with E-state index < -0.39 is 0 Å². The molecule has 3 heterocycles. The van der Waals surface area contributed by atoms with Gasteiger partial charge >= 0.3 is 0 Å². The first-order valence-electron chi connectivity index (χ1n) is 11.6. The second-order valence-electron chi connectivity index (χ2n) is 8.10. The third-order valence-corrected chi connectivity index (χ3v) is 5.67. The van der Waals surface area contributed by atoms with E-state index >= 15 is 0 Å². The van der Waals surface area contributed by atoms with Crippen LogP contribution in [0.2, 0.25) is 0 Å². The Hall–Kier alpha value is -4.01. The monoisotopic (exact) mass is 458 g/mol. The number of aromatic nitrogens is 4. The van der Waals surface area contributed by atoms with Crippen LogP contribution in [0, 0.1) is 0 Å². The molecule has 2 aromatic carbocycles. The van der Waals surface area contributed by atoms with Gasteiger partial charge in [-0.05, 0) is 56.2 Å². The van der Waals surface area contributed by atoms with Crippen LogP contribution in [0.5, 0.6) is 5.75 Å². The molecule has 0 radical (unpaired) electrons. The topological polar surface area (TPSA) is 106 Å². The summed E-state index contributed by atoms with van der Waals surface area (Å²) in [5.41, 5.74) is 2.39. The lowest BCUT2D eigenvalue weighted by Gasteiger charge is -2.20. The van der Waals surface area contributed by atoms with Gasteiger partial charge in [-0.1, -0.05) is 17.3 Å². The maximum absolute atomic E-state index is 12.8. The van der Waals surface area contributed by atoms with Crippen LogP contribution in [0.3, 0.4) is 0 Å². The van der Waals surface area contributed by atoms with E-state index in [0.717, 1.165) is 54.1 Å². The normalized spacial score (nSPS) is 13.4. The molecule has 0 bridgehead atoms. The maximum atomic E-state index is 12.8. The number of carbonyl (C=O) groups is 1. The van der Waals surface area contributed by atoms with Crippen molar-refractivity contribution >= 4 is 28.6 Å². The van der Waals surface area contributed by atoms with Crippen LogP contribution in [0.25, 0.3) is 22.4 Å². The number of hydrogen-bond donors (Lipinski definition) is 1. The predicted octanol–water partition coefficient (Wildman–Crippen LogP) is 4.25. The number of benzene rings is 2. The molecule has 0 unspecified atom stereocenters. The van der Waals surface area contributed by atoms with E-state index in [1.165, 1.54) is 0 Å². The molecule has 1 aliphatic heterocycles. The lowest BCUT2D eigenvalue weighted by atomic mass is 10.2. The van der Waals surface area contributed by atoms with E-state index in [2.05, 4.69) is 25.3 Å². The molecule has 1 saturated heterocycles. The van der Waals surface area contributed by atoms with Crippen molar-refractivity contribution in [1.29, 1.82) is 0 Å². The summed E-state index contributed by atoms with van der Waals surface area (Å²) >= 11 is 0. The van der Waals surface area contributed by atoms with Gasteiger partial charge in [-0.3, -0.25) is 4.79 Å². The van der Waals surface area contributed by atoms with Crippen molar-refractivity contribution in [1.82, 2.24) is 20.1 Å². The first-order valence-corrected chi connectivity index (χ1v) is 11.6. The highest BCUT2D eigenvalue weighted by Crippen LogP contribution is 2.28. The van der Waals surface area contributed by atoms with E-state index in [1.54, 1.807) is 0 Å². The molecule has 0 spiro atoms. The number of amides is 1. The molecular formula is C25H26N6O3. The Labute approximate surface area is 197 Å². The Kier molecular flexibility index (Phi) is 6.33. The van der Waals surface area contributed by atoms with E-state index in [4.69, 9.17) is 14.2 Å². The molecule has 1 amide bonds. The molecule has 174 valence electrons. The van der Waals surface area contributed by atoms with Gasteiger partial charge in [0.1, 0.15) is 5.75 Å². The summed E-state index contributed by atoms with van der Waals surface area (Å²) in [6.45, 7) is 4.37. The van der Waals surface area contributed by atoms with E-state index in [0.29, 0.717) is 30.6 Å². The molecule has 1 fully saturated rings. The van der Waals surface area contributed by atoms with Gasteiger partial charge in [0.25, 0.3) is 0 Å². The number of anilines is 2. The lowest BCUT2D eigenvalue weighted by molar-refractivity contribution is -0.116. The summed E-state index contributed by atoms with van der Waals surface area (Å²) in [7, 11) is 0. The molecule has 1 N–H and O–H groups in total. The summed E-state index contributed by atoms with van der Waals surface area (Å²) in [6.07, 6.45) is 2.74. The summed E-state index contributed by atoms with van der Waals surface area (Å²) in [5, 5.41) is 6.99. The quantitative estimate of drug-likeness (QED) is 0.418. The molecule has 4 aromatic rings. The summed E-state index contributed by atoms with van der Waals surface area (Å²) in [6, 6.07) is 15.2. The van der Waals surface area contributed by atoms with Gasteiger partial charge < -0.3 is 19.5 Å². The smallest absolute Gasteiger partial charge is 0.227 e. The second kappa shape index (κ2) is 9.86. The molecule has 0 atom stereocenters. The van der Waals surface area contributed by atoms with Gasteiger partial charge in [-0.25, -0.2) is 9.97 Å². The Morgan fingerprint density at radius 1 is 1.03 bits per heavy atom. The van der Waals surface area contributed by atoms with Crippen molar-refractivity contribution < 1.29 is 14.1 Å². The van der Waals surface area contributed by atoms with Gasteiger partial charge in [0.2, 0.25) is 17.6 Å². The van der Waals surface area contributed by atoms with Crippen molar-refractivity contribution in [2.75, 3.05) is 29.9 Å². The zero-order chi connectivity index (χ0) is 23.3. The summed E-state index contributed by atoms with van der Waals surface area (Å²) < 4.78 is 10.8. The van der Waals surface area contributed by atoms with E-state index in [1.807, 2.05) is 55.5 Å². The first kappa shape index (κ1) is 21.8. The van der Waals surface area contributed by atoms with Crippen LogP contribution in [-0.2, 0) is 11.2 Å². The Morgan fingerprint density at radius 3 is 2.50 bits per heavy atom. The van der Waals surface area contributed by atoms with Crippen molar-refractivity contribution in [3.63, 3.8) is 0 Å². The number of hydrogen-bond acceptors (Lipinski definition) is 8. The van der Waals surface area contributed by atoms with Crippen molar-refractivity contribution in [2.45, 2.75) is 32.6 Å². The lowest BCUT2D eigenvalue weighted by Crippen LogP contribution is -2.23. The minimum Gasteiger partial charge on any atom is -0.494 e. The SMILES string of the molecule is CCOc1ccc(-c2noc(CCC(=O)Nc3nc4ccccc4nc3N3CCCC3)n2)cc1. The fraction of sp³-hybridized carbons (Fsp3) is 0.320. The number of fused-ring (bicyclic) bond motifs is 1. The number of ether oxygens (including phenoxy) is 1. The highest BCUT2D eigenvalue weighted by atomic mass is 16.5. The Morgan fingerprint density at radius 2 is 1.76 bits per heavy atom. The van der Waals surface area contributed by atoms with Crippen LogP contribution >= 0.6 is 0 Å². The van der Waals surface area contributed by atoms with E-state index in [-0.39, 0.29) is 12.3 Å². The van der Waals surface area contributed by atoms with Crippen LogP contribution in [0.4, 0.5) is 11.6 Å². The minimum atomic E-state index is -0.175. The van der Waals surface area contributed by atoms with Crippen LogP contribution in [0.1, 0.15) is 32.1 Å². The fourth-order valence-corrected chi connectivity index (χ4v) is 3.98. The molecular weight excluding hydrogens is 432 g/mol. The zero-order valence-electron chi connectivity index (χ0n) is 19.0. The van der Waals surface area contributed by atoms with Gasteiger partial charge in [-0.15, -0.1) is 0 Å². The highest BCUT2D eigenvalue weighted by Gasteiger charge is 2.21. The van der Waals surface area contributed by atoms with Gasteiger partial charge in [0.15, 0.2) is 11.6 Å². The van der Waals surface area contributed by atoms with Crippen molar-refractivity contribution in [2.24, 2.45) is 0 Å². The minimum absolute atomic E-state index is 0.175. The maximum Gasteiger partial charge on any atom is 0.227 e. The second-order valence-corrected chi connectivity index (χ2v) is 8.10. The standard InChI is InChI=1S/C25H26N6O3/c1-2-33-18-11-9-17(10-12-18)23-29-22(34-30-23)14-13-21(32)28-24-25(31-15-5-6-16-31)27-20-8-4-3-7-19(20)26-24/h3-4,7-12H,2,5-6,13-16H2,1H3,(H,26,28,32). The van der Waals surface area contributed by atoms with Crippen LogP contribution < -0.4 is 15.0 Å². The fourth-order valence-electron chi connectivity index (χ4n) is 3.98. The predicted molar refractivity (Wildman–Crippen MR) is 129 cm³/mol. The highest BCUT2D eigenvalue weighted by molar-refractivity contribution is 5.94. The van der Waals surface area contributed by atoms with Crippen molar-refractivity contribution in [3.8, 4) is 17.1 Å². The number of rotatable bonds is 8. The average Bonchev–Trinajstić information content (AvgIpc) is 3.56. The van der Waals surface area contributed by atoms with Gasteiger partial charge in [0.05, 0.1) is 17.6 Å². The van der Waals surface area contributed by atoms with Crippen molar-refractivity contribution in [3.05, 3.63) is 54.4 Å². The van der Waals surface area contributed by atoms with Crippen LogP contribution in [-0.4, -0.2) is 45.7 Å². The summed E-state index contributed by atoms with van der Waals surface area (Å²) in [4.78, 5) is 28.8. The van der Waals surface area contributed by atoms with E-state index in [9.17, 15) is 4.79 Å². The molecule has 9 nitrogen and oxygen atoms in total. The zero-order valence-corrected chi connectivity index (χ0v) is 19.0. The largest absolute Gasteiger partial charge is 0.494 e. The number of aryl methyl sites for hydroxylation is 1. The number of para-hydroxylation sites is 2. The molecule has 5 rings (SSSR count). The van der Waals surface area contributed by atoms with Crippen LogP contribution in [0.15, 0.2) is 53.1 Å². The number of carbonyl (C=O) groups excluding carboxylic acids is 1.